The molecule has 3 heterocycles. The number of likely N-dealkylation sites (N-methyl/N-ethyl adjacent to an activating group) is 1. The van der Waals surface area contributed by atoms with Crippen LogP contribution in [0.2, 0.25) is 0 Å². The van der Waals surface area contributed by atoms with Gasteiger partial charge in [-0.1, -0.05) is 6.92 Å². The van der Waals surface area contributed by atoms with Crippen molar-refractivity contribution in [2.75, 3.05) is 51.6 Å². The van der Waals surface area contributed by atoms with E-state index in [2.05, 4.69) is 37.4 Å². The van der Waals surface area contributed by atoms with E-state index in [1.165, 1.54) is 19.4 Å². The lowest BCUT2D eigenvalue weighted by Crippen LogP contribution is -2.34. The van der Waals surface area contributed by atoms with Gasteiger partial charge in [-0.2, -0.15) is 0 Å². The maximum Gasteiger partial charge on any atom is 0.227 e. The van der Waals surface area contributed by atoms with Crippen LogP contribution in [0.3, 0.4) is 0 Å². The number of benzene rings is 1. The quantitative estimate of drug-likeness (QED) is 0.458. The van der Waals surface area contributed by atoms with Crippen LogP contribution >= 0.6 is 0 Å². The standard InChI is InChI=1S/C25H32N6O3/c1-5-31-12-6-7-19(31)16-28-23-9-8-17(15-27-23)20-10-11-26-25(30-20)29-18-13-21(32-2)24(34-4)22(14-18)33-3/h8-11,13-15,19H,5-7,12,16H2,1-4H3,(H,27,28)(H,26,29,30). The van der Waals surface area contributed by atoms with Gasteiger partial charge in [-0.15, -0.1) is 0 Å². The molecule has 0 saturated carbocycles. The molecule has 1 fully saturated rings. The largest absolute Gasteiger partial charge is 0.493 e. The fourth-order valence-electron chi connectivity index (χ4n) is 4.28. The van der Waals surface area contributed by atoms with Crippen LogP contribution in [-0.2, 0) is 0 Å². The van der Waals surface area contributed by atoms with Crippen molar-refractivity contribution in [3.05, 3.63) is 42.7 Å². The maximum absolute atomic E-state index is 5.42. The minimum Gasteiger partial charge on any atom is -0.493 e. The van der Waals surface area contributed by atoms with Crippen molar-refractivity contribution in [1.82, 2.24) is 19.9 Å². The monoisotopic (exact) mass is 464 g/mol. The summed E-state index contributed by atoms with van der Waals surface area (Å²) >= 11 is 0. The minimum absolute atomic E-state index is 0.454. The van der Waals surface area contributed by atoms with Gasteiger partial charge in [0.1, 0.15) is 5.82 Å². The van der Waals surface area contributed by atoms with E-state index in [1.807, 2.05) is 36.5 Å². The van der Waals surface area contributed by atoms with Gasteiger partial charge in [0.05, 0.1) is 27.0 Å². The van der Waals surface area contributed by atoms with Crippen LogP contribution in [0.15, 0.2) is 42.7 Å². The van der Waals surface area contributed by atoms with Crippen LogP contribution < -0.4 is 24.8 Å². The van der Waals surface area contributed by atoms with Crippen molar-refractivity contribution in [3.8, 4) is 28.5 Å². The summed E-state index contributed by atoms with van der Waals surface area (Å²) < 4.78 is 16.2. The number of methoxy groups -OCH3 is 3. The third kappa shape index (κ3) is 5.31. The van der Waals surface area contributed by atoms with E-state index in [0.717, 1.165) is 35.9 Å². The van der Waals surface area contributed by atoms with Crippen molar-refractivity contribution >= 4 is 17.5 Å². The third-order valence-corrected chi connectivity index (χ3v) is 6.06. The summed E-state index contributed by atoms with van der Waals surface area (Å²) in [6, 6.07) is 10.1. The summed E-state index contributed by atoms with van der Waals surface area (Å²) in [4.78, 5) is 16.1. The smallest absolute Gasteiger partial charge is 0.227 e. The zero-order valence-corrected chi connectivity index (χ0v) is 20.2. The average molecular weight is 465 g/mol. The summed E-state index contributed by atoms with van der Waals surface area (Å²) in [5.74, 6) is 2.95. The maximum atomic E-state index is 5.42. The molecule has 1 atom stereocenters. The Morgan fingerprint density at radius 3 is 2.47 bits per heavy atom. The molecule has 0 radical (unpaired) electrons. The van der Waals surface area contributed by atoms with Gasteiger partial charge in [0.25, 0.3) is 0 Å². The molecule has 2 aromatic heterocycles. The summed E-state index contributed by atoms with van der Waals surface area (Å²) in [5.41, 5.74) is 2.41. The van der Waals surface area contributed by atoms with Crippen LogP contribution in [-0.4, -0.2) is 66.9 Å². The van der Waals surface area contributed by atoms with Crippen molar-refractivity contribution in [3.63, 3.8) is 0 Å². The van der Waals surface area contributed by atoms with Crippen LogP contribution in [0.5, 0.6) is 17.2 Å². The summed E-state index contributed by atoms with van der Waals surface area (Å²) in [6.07, 6.45) is 6.06. The Hall–Kier alpha value is -3.59. The SMILES string of the molecule is CCN1CCCC1CNc1ccc(-c2ccnc(Nc3cc(OC)c(OC)c(OC)c3)n2)cn1. The molecule has 34 heavy (non-hydrogen) atoms. The second kappa shape index (κ2) is 11.0. The highest BCUT2D eigenvalue weighted by Crippen LogP contribution is 2.40. The number of rotatable bonds is 10. The Labute approximate surface area is 200 Å². The average Bonchev–Trinajstić information content (AvgIpc) is 3.35. The number of likely N-dealkylation sites (tertiary alicyclic amines) is 1. The van der Waals surface area contributed by atoms with E-state index >= 15 is 0 Å². The first kappa shape index (κ1) is 23.6. The first-order chi connectivity index (χ1) is 16.6. The Morgan fingerprint density at radius 2 is 1.82 bits per heavy atom. The Morgan fingerprint density at radius 1 is 1.03 bits per heavy atom. The molecular formula is C25H32N6O3. The molecule has 9 nitrogen and oxygen atoms in total. The summed E-state index contributed by atoms with van der Waals surface area (Å²) in [5, 5.41) is 6.68. The molecule has 0 amide bonds. The fourth-order valence-corrected chi connectivity index (χ4v) is 4.28. The van der Waals surface area contributed by atoms with E-state index in [4.69, 9.17) is 14.2 Å². The molecule has 9 heteroatoms. The number of nitrogens with one attached hydrogen (secondary N) is 2. The number of anilines is 3. The first-order valence-corrected chi connectivity index (χ1v) is 11.5. The van der Waals surface area contributed by atoms with Crippen molar-refractivity contribution < 1.29 is 14.2 Å². The minimum atomic E-state index is 0.454. The normalized spacial score (nSPS) is 15.7. The van der Waals surface area contributed by atoms with Gasteiger partial charge in [-0.05, 0) is 44.1 Å². The summed E-state index contributed by atoms with van der Waals surface area (Å²) in [6.45, 7) is 5.42. The molecule has 1 aliphatic heterocycles. The first-order valence-electron chi connectivity index (χ1n) is 11.5. The molecule has 1 saturated heterocycles. The molecule has 0 spiro atoms. The highest BCUT2D eigenvalue weighted by atomic mass is 16.5. The second-order valence-corrected chi connectivity index (χ2v) is 8.04. The van der Waals surface area contributed by atoms with Gasteiger partial charge in [-0.25, -0.2) is 15.0 Å². The molecule has 0 aliphatic carbocycles. The van der Waals surface area contributed by atoms with Crippen molar-refractivity contribution in [1.29, 1.82) is 0 Å². The van der Waals surface area contributed by atoms with E-state index in [1.54, 1.807) is 27.5 Å². The highest BCUT2D eigenvalue weighted by molar-refractivity contribution is 5.67. The zero-order chi connectivity index (χ0) is 23.9. The van der Waals surface area contributed by atoms with Crippen LogP contribution in [0.4, 0.5) is 17.5 Å². The van der Waals surface area contributed by atoms with Gasteiger partial charge in [0, 0.05) is 48.4 Å². The highest BCUT2D eigenvalue weighted by Gasteiger charge is 2.22. The molecule has 2 N–H and O–H groups in total. The van der Waals surface area contributed by atoms with E-state index in [-0.39, 0.29) is 0 Å². The van der Waals surface area contributed by atoms with Crippen LogP contribution in [0.25, 0.3) is 11.3 Å². The van der Waals surface area contributed by atoms with Gasteiger partial charge >= 0.3 is 0 Å². The predicted molar refractivity (Wildman–Crippen MR) is 133 cm³/mol. The Kier molecular flexibility index (Phi) is 7.64. The topological polar surface area (TPSA) is 93.7 Å². The van der Waals surface area contributed by atoms with Crippen LogP contribution in [0.1, 0.15) is 19.8 Å². The molecular weight excluding hydrogens is 432 g/mol. The molecule has 4 rings (SSSR count). The molecule has 1 aromatic carbocycles. The van der Waals surface area contributed by atoms with Gasteiger partial charge < -0.3 is 24.8 Å². The molecule has 1 unspecified atom stereocenters. The van der Waals surface area contributed by atoms with Crippen molar-refractivity contribution in [2.24, 2.45) is 0 Å². The molecule has 3 aromatic rings. The van der Waals surface area contributed by atoms with Crippen LogP contribution in [0, 0.1) is 0 Å². The number of aromatic nitrogens is 3. The number of ether oxygens (including phenoxy) is 3. The number of hydrogen-bond donors (Lipinski definition) is 2. The molecule has 180 valence electrons. The lowest BCUT2D eigenvalue weighted by atomic mass is 10.2. The summed E-state index contributed by atoms with van der Waals surface area (Å²) in [7, 11) is 4.73. The predicted octanol–water partition coefficient (Wildman–Crippen LogP) is 4.20. The Bertz CT molecular complexity index is 1070. The molecule has 1 aliphatic rings. The Balaban J connectivity index is 1.45. The fraction of sp³-hybridized carbons (Fsp3) is 0.400. The van der Waals surface area contributed by atoms with E-state index in [0.29, 0.717) is 29.2 Å². The second-order valence-electron chi connectivity index (χ2n) is 8.04. The number of pyridine rings is 1. The number of hydrogen-bond acceptors (Lipinski definition) is 9. The zero-order valence-electron chi connectivity index (χ0n) is 20.2. The van der Waals surface area contributed by atoms with Crippen molar-refractivity contribution in [2.45, 2.75) is 25.8 Å². The van der Waals surface area contributed by atoms with Gasteiger partial charge in [0.15, 0.2) is 11.5 Å². The lowest BCUT2D eigenvalue weighted by molar-refractivity contribution is 0.277. The molecule has 0 bridgehead atoms. The lowest BCUT2D eigenvalue weighted by Gasteiger charge is -2.23. The van der Waals surface area contributed by atoms with Gasteiger partial charge in [0.2, 0.25) is 11.7 Å². The van der Waals surface area contributed by atoms with E-state index < -0.39 is 0 Å². The van der Waals surface area contributed by atoms with Gasteiger partial charge in [-0.3, -0.25) is 4.90 Å². The number of nitrogens with zero attached hydrogens (tertiary/aromatic N) is 4. The van der Waals surface area contributed by atoms with E-state index in [9.17, 15) is 0 Å². The third-order valence-electron chi connectivity index (χ3n) is 6.06.